The number of carbonyl (C=O) groups is 1. The van der Waals surface area contributed by atoms with E-state index in [1.165, 1.54) is 6.07 Å². The molecule has 38 heavy (non-hydrogen) atoms. The largest absolute Gasteiger partial charge is 0.492 e. The minimum absolute atomic E-state index is 0.0437. The second kappa shape index (κ2) is 11.9. The van der Waals surface area contributed by atoms with Gasteiger partial charge in [-0.2, -0.15) is 5.10 Å². The number of aromatic nitrogens is 2. The lowest BCUT2D eigenvalue weighted by atomic mass is 9.97. The predicted octanol–water partition coefficient (Wildman–Crippen LogP) is 8.07. The third-order valence-electron chi connectivity index (χ3n) is 6.43. The first kappa shape index (κ1) is 27.6. The molecular formula is C30H30Cl2N2O4. The van der Waals surface area contributed by atoms with Crippen LogP contribution in [0.15, 0.2) is 66.9 Å². The summed E-state index contributed by atoms with van der Waals surface area (Å²) >= 11 is 12.9. The molecule has 1 N–H and O–H groups in total. The zero-order chi connectivity index (χ0) is 27.4. The third-order valence-corrected chi connectivity index (χ3v) is 7.04. The van der Waals surface area contributed by atoms with Crippen LogP contribution in [0.2, 0.25) is 10.0 Å². The van der Waals surface area contributed by atoms with E-state index >= 15 is 0 Å². The Hall–Kier alpha value is -3.48. The summed E-state index contributed by atoms with van der Waals surface area (Å²) in [5.74, 6) is 0.357. The maximum Gasteiger partial charge on any atom is 0.339 e. The standard InChI is InChI=1S/C30H30Cl2N2O4/c1-18(2)24-15-33-34(29-25(31)9-7-10-26(29)32)27(24)17-37-21-12-13-22(19(3)14-21)20(4)16-38-28-11-6-5-8-23(28)30(35)36/h5-15,18,20H,16-17H2,1-4H3,(H,35,36). The number of hydrogen-bond acceptors (Lipinski definition) is 4. The van der Waals surface area contributed by atoms with Gasteiger partial charge in [0.1, 0.15) is 29.4 Å². The van der Waals surface area contributed by atoms with Crippen molar-refractivity contribution >= 4 is 29.2 Å². The van der Waals surface area contributed by atoms with Gasteiger partial charge in [0.25, 0.3) is 0 Å². The molecule has 0 aliphatic heterocycles. The van der Waals surface area contributed by atoms with Crippen LogP contribution < -0.4 is 9.47 Å². The Balaban J connectivity index is 1.50. The molecule has 3 aromatic carbocycles. The minimum Gasteiger partial charge on any atom is -0.492 e. The average molecular weight is 553 g/mol. The van der Waals surface area contributed by atoms with Crippen LogP contribution in [0.3, 0.4) is 0 Å². The Morgan fingerprint density at radius 2 is 1.68 bits per heavy atom. The number of halogens is 2. The molecule has 4 rings (SSSR count). The molecule has 1 heterocycles. The van der Waals surface area contributed by atoms with Crippen LogP contribution in [-0.2, 0) is 6.61 Å². The van der Waals surface area contributed by atoms with Gasteiger partial charge in [-0.3, -0.25) is 0 Å². The molecule has 6 nitrogen and oxygen atoms in total. The van der Waals surface area contributed by atoms with Crippen LogP contribution in [0, 0.1) is 6.92 Å². The second-order valence-corrected chi connectivity index (χ2v) is 10.3. The van der Waals surface area contributed by atoms with E-state index in [0.717, 1.165) is 28.1 Å². The number of carboxylic acid groups (broad SMARTS) is 1. The Morgan fingerprint density at radius 1 is 0.974 bits per heavy atom. The molecule has 0 fully saturated rings. The monoisotopic (exact) mass is 552 g/mol. The lowest BCUT2D eigenvalue weighted by molar-refractivity contribution is 0.0692. The highest BCUT2D eigenvalue weighted by molar-refractivity contribution is 6.37. The van der Waals surface area contributed by atoms with E-state index in [1.54, 1.807) is 41.1 Å². The summed E-state index contributed by atoms with van der Waals surface area (Å²) in [5.41, 5.74) is 4.87. The lowest BCUT2D eigenvalue weighted by Crippen LogP contribution is -2.11. The molecule has 198 valence electrons. The van der Waals surface area contributed by atoms with Crippen molar-refractivity contribution in [3.63, 3.8) is 0 Å². The fourth-order valence-corrected chi connectivity index (χ4v) is 4.97. The zero-order valence-electron chi connectivity index (χ0n) is 21.7. The summed E-state index contributed by atoms with van der Waals surface area (Å²) in [4.78, 5) is 11.5. The van der Waals surface area contributed by atoms with Gasteiger partial charge in [-0.25, -0.2) is 9.48 Å². The second-order valence-electron chi connectivity index (χ2n) is 9.50. The van der Waals surface area contributed by atoms with E-state index in [1.807, 2.05) is 38.2 Å². The molecule has 8 heteroatoms. The summed E-state index contributed by atoms with van der Waals surface area (Å²) in [6.45, 7) is 8.93. The molecule has 0 bridgehead atoms. The van der Waals surface area contributed by atoms with Crippen LogP contribution in [0.5, 0.6) is 11.5 Å². The number of aromatic carboxylic acids is 1. The molecule has 0 saturated carbocycles. The summed E-state index contributed by atoms with van der Waals surface area (Å²) in [6.07, 6.45) is 1.83. The van der Waals surface area contributed by atoms with E-state index in [4.69, 9.17) is 32.7 Å². The minimum atomic E-state index is -1.01. The number of nitrogens with zero attached hydrogens (tertiary/aromatic N) is 2. The van der Waals surface area contributed by atoms with E-state index in [-0.39, 0.29) is 17.4 Å². The van der Waals surface area contributed by atoms with Crippen molar-refractivity contribution in [3.8, 4) is 17.2 Å². The van der Waals surface area contributed by atoms with Gasteiger partial charge in [-0.05, 0) is 65.9 Å². The SMILES string of the molecule is Cc1cc(OCc2c(C(C)C)cnn2-c2c(Cl)cccc2Cl)ccc1C(C)COc1ccccc1C(=O)O. The lowest BCUT2D eigenvalue weighted by Gasteiger charge is -2.18. The molecule has 4 aromatic rings. The molecule has 1 unspecified atom stereocenters. The highest BCUT2D eigenvalue weighted by Gasteiger charge is 2.20. The number of para-hydroxylation sites is 2. The summed E-state index contributed by atoms with van der Waals surface area (Å²) in [6, 6.07) is 18.0. The van der Waals surface area contributed by atoms with Crippen molar-refractivity contribution in [2.24, 2.45) is 0 Å². The normalized spacial score (nSPS) is 12.0. The van der Waals surface area contributed by atoms with E-state index in [9.17, 15) is 9.90 Å². The first-order valence-corrected chi connectivity index (χ1v) is 13.1. The summed E-state index contributed by atoms with van der Waals surface area (Å²) < 4.78 is 13.8. The number of aryl methyl sites for hydroxylation is 1. The summed E-state index contributed by atoms with van der Waals surface area (Å²) in [5, 5.41) is 15.0. The first-order chi connectivity index (χ1) is 18.2. The van der Waals surface area contributed by atoms with Gasteiger partial charge < -0.3 is 14.6 Å². The summed E-state index contributed by atoms with van der Waals surface area (Å²) in [7, 11) is 0. The Morgan fingerprint density at radius 3 is 2.34 bits per heavy atom. The van der Waals surface area contributed by atoms with E-state index in [0.29, 0.717) is 34.7 Å². The number of benzene rings is 3. The fourth-order valence-electron chi connectivity index (χ4n) is 4.41. The van der Waals surface area contributed by atoms with Gasteiger partial charge in [-0.1, -0.05) is 68.2 Å². The Kier molecular flexibility index (Phi) is 8.65. The van der Waals surface area contributed by atoms with Gasteiger partial charge in [0.2, 0.25) is 0 Å². The molecule has 0 aliphatic rings. The molecule has 0 saturated heterocycles. The van der Waals surface area contributed by atoms with Crippen molar-refractivity contribution in [1.29, 1.82) is 0 Å². The van der Waals surface area contributed by atoms with Gasteiger partial charge in [0.15, 0.2) is 0 Å². The van der Waals surface area contributed by atoms with Crippen LogP contribution in [0.1, 0.15) is 65.3 Å². The number of rotatable bonds is 10. The molecule has 0 radical (unpaired) electrons. The first-order valence-electron chi connectivity index (χ1n) is 12.4. The quantitative estimate of drug-likeness (QED) is 0.215. The molecule has 1 atom stereocenters. The maximum absolute atomic E-state index is 11.5. The molecular weight excluding hydrogens is 523 g/mol. The van der Waals surface area contributed by atoms with Crippen LogP contribution >= 0.6 is 23.2 Å². The zero-order valence-corrected chi connectivity index (χ0v) is 23.3. The number of ether oxygens (including phenoxy) is 2. The molecule has 1 aromatic heterocycles. The third kappa shape index (κ3) is 5.98. The van der Waals surface area contributed by atoms with Crippen molar-refractivity contribution in [2.45, 2.75) is 46.1 Å². The van der Waals surface area contributed by atoms with Crippen molar-refractivity contribution in [1.82, 2.24) is 9.78 Å². The number of carboxylic acids is 1. The smallest absolute Gasteiger partial charge is 0.339 e. The Labute approximate surface area is 232 Å². The van der Waals surface area contributed by atoms with Gasteiger partial charge in [0, 0.05) is 5.92 Å². The van der Waals surface area contributed by atoms with Crippen LogP contribution in [0.25, 0.3) is 5.69 Å². The Bertz CT molecular complexity index is 1430. The van der Waals surface area contributed by atoms with Gasteiger partial charge >= 0.3 is 5.97 Å². The van der Waals surface area contributed by atoms with Gasteiger partial charge in [0.05, 0.1) is 28.5 Å². The predicted molar refractivity (Wildman–Crippen MR) is 150 cm³/mol. The van der Waals surface area contributed by atoms with Crippen LogP contribution in [-0.4, -0.2) is 27.5 Å². The number of hydrogen-bond donors (Lipinski definition) is 1. The van der Waals surface area contributed by atoms with E-state index < -0.39 is 5.97 Å². The van der Waals surface area contributed by atoms with Gasteiger partial charge in [-0.15, -0.1) is 0 Å². The molecule has 0 amide bonds. The maximum atomic E-state index is 11.5. The van der Waals surface area contributed by atoms with Crippen molar-refractivity contribution < 1.29 is 19.4 Å². The topological polar surface area (TPSA) is 73.6 Å². The van der Waals surface area contributed by atoms with Crippen LogP contribution in [0.4, 0.5) is 0 Å². The molecule has 0 aliphatic carbocycles. The van der Waals surface area contributed by atoms with Crippen molar-refractivity contribution in [2.75, 3.05) is 6.61 Å². The molecule has 0 spiro atoms. The highest BCUT2D eigenvalue weighted by Crippen LogP contribution is 2.32. The highest BCUT2D eigenvalue weighted by atomic mass is 35.5. The average Bonchev–Trinajstić information content (AvgIpc) is 3.30. The van der Waals surface area contributed by atoms with E-state index in [2.05, 4.69) is 18.9 Å². The van der Waals surface area contributed by atoms with Crippen molar-refractivity contribution in [3.05, 3.63) is 105 Å². The fraction of sp³-hybridized carbons (Fsp3) is 0.267.